The van der Waals surface area contributed by atoms with Gasteiger partial charge in [0.05, 0.1) is 12.5 Å². The summed E-state index contributed by atoms with van der Waals surface area (Å²) in [5.74, 6) is -1.31. The molecule has 0 aromatic heterocycles. The first-order valence-electron chi connectivity index (χ1n) is 9.40. The molecule has 150 valence electrons. The monoisotopic (exact) mass is 403 g/mol. The summed E-state index contributed by atoms with van der Waals surface area (Å²) < 4.78 is 38.1. The Kier molecular flexibility index (Phi) is 6.52. The summed E-state index contributed by atoms with van der Waals surface area (Å²) in [6.07, 6.45) is -3.10. The van der Waals surface area contributed by atoms with E-state index in [0.29, 0.717) is 24.4 Å². The molecule has 1 aliphatic heterocycles. The predicted molar refractivity (Wildman–Crippen MR) is 100 cm³/mol. The van der Waals surface area contributed by atoms with Crippen LogP contribution in [0.3, 0.4) is 0 Å². The molecule has 1 aromatic carbocycles. The molecule has 8 heteroatoms. The summed E-state index contributed by atoms with van der Waals surface area (Å²) in [4.78, 5) is 16.6. The van der Waals surface area contributed by atoms with E-state index in [1.807, 2.05) is 24.3 Å². The third-order valence-corrected chi connectivity index (χ3v) is 5.70. The molecule has 0 radical (unpaired) electrons. The molecule has 1 aromatic rings. The Balaban J connectivity index is 1.39. The molecule has 1 saturated carbocycles. The summed E-state index contributed by atoms with van der Waals surface area (Å²) in [6, 6.07) is 7.58. The molecule has 0 bridgehead atoms. The van der Waals surface area contributed by atoms with E-state index < -0.39 is 12.1 Å². The van der Waals surface area contributed by atoms with Crippen LogP contribution in [0, 0.1) is 5.92 Å². The van der Waals surface area contributed by atoms with Crippen molar-refractivity contribution in [1.29, 1.82) is 0 Å². The van der Waals surface area contributed by atoms with Crippen molar-refractivity contribution in [2.75, 3.05) is 37.6 Å². The molecule has 3 rings (SSSR count). The first kappa shape index (κ1) is 20.3. The van der Waals surface area contributed by atoms with Gasteiger partial charge in [-0.2, -0.15) is 13.2 Å². The largest absolute Gasteiger partial charge is 0.391 e. The average molecular weight is 404 g/mol. The highest BCUT2D eigenvalue weighted by atomic mass is 35.5. The fourth-order valence-electron chi connectivity index (χ4n) is 3.88. The topological polar surface area (TPSA) is 35.6 Å². The summed E-state index contributed by atoms with van der Waals surface area (Å²) in [6.45, 7) is 3.44. The zero-order valence-electron chi connectivity index (χ0n) is 15.1. The van der Waals surface area contributed by atoms with Gasteiger partial charge in [0.1, 0.15) is 0 Å². The highest BCUT2D eigenvalue weighted by molar-refractivity contribution is 6.30. The first-order valence-corrected chi connectivity index (χ1v) is 9.78. The standard InChI is InChI=1S/C19H25ClF3N3O/c20-15-2-1-3-17(12-15)26-10-8-25(9-11-26)13-18(27)24-16-6-4-14(5-7-16)19(21,22)23/h1-3,12,14,16H,4-11,13H2,(H,24,27). The predicted octanol–water partition coefficient (Wildman–Crippen LogP) is 3.70. The van der Waals surface area contributed by atoms with E-state index in [1.165, 1.54) is 0 Å². The van der Waals surface area contributed by atoms with Gasteiger partial charge in [-0.25, -0.2) is 0 Å². The van der Waals surface area contributed by atoms with Crippen LogP contribution in [0.4, 0.5) is 18.9 Å². The maximum atomic E-state index is 12.7. The number of carbonyl (C=O) groups excluding carboxylic acids is 1. The lowest BCUT2D eigenvalue weighted by Gasteiger charge is -2.36. The van der Waals surface area contributed by atoms with Crippen molar-refractivity contribution in [1.82, 2.24) is 10.2 Å². The highest BCUT2D eigenvalue weighted by Crippen LogP contribution is 2.37. The van der Waals surface area contributed by atoms with Crippen LogP contribution < -0.4 is 10.2 Å². The molecule has 1 aliphatic carbocycles. The van der Waals surface area contributed by atoms with Gasteiger partial charge in [-0.05, 0) is 43.9 Å². The van der Waals surface area contributed by atoms with Crippen molar-refractivity contribution in [3.05, 3.63) is 29.3 Å². The second-order valence-corrected chi connectivity index (χ2v) is 7.84. The summed E-state index contributed by atoms with van der Waals surface area (Å²) >= 11 is 6.04. The van der Waals surface area contributed by atoms with Gasteiger partial charge < -0.3 is 10.2 Å². The van der Waals surface area contributed by atoms with E-state index in [-0.39, 0.29) is 24.8 Å². The molecule has 1 N–H and O–H groups in total. The molecule has 2 aliphatic rings. The van der Waals surface area contributed by atoms with Gasteiger partial charge in [-0.3, -0.25) is 9.69 Å². The van der Waals surface area contributed by atoms with Crippen LogP contribution in [0.1, 0.15) is 25.7 Å². The summed E-state index contributed by atoms with van der Waals surface area (Å²) in [7, 11) is 0. The van der Waals surface area contributed by atoms with Gasteiger partial charge in [-0.1, -0.05) is 17.7 Å². The van der Waals surface area contributed by atoms with Crippen LogP contribution in [0.5, 0.6) is 0 Å². The number of rotatable bonds is 4. The summed E-state index contributed by atoms with van der Waals surface area (Å²) in [5.41, 5.74) is 1.08. The van der Waals surface area contributed by atoms with Crippen molar-refractivity contribution in [3.63, 3.8) is 0 Å². The smallest absolute Gasteiger partial charge is 0.369 e. The number of halogens is 4. The van der Waals surface area contributed by atoms with Crippen molar-refractivity contribution in [3.8, 4) is 0 Å². The second kappa shape index (κ2) is 8.69. The quantitative estimate of drug-likeness (QED) is 0.832. The lowest BCUT2D eigenvalue weighted by Crippen LogP contribution is -2.51. The van der Waals surface area contributed by atoms with Crippen molar-refractivity contribution < 1.29 is 18.0 Å². The van der Waals surface area contributed by atoms with E-state index in [4.69, 9.17) is 11.6 Å². The molecule has 4 nitrogen and oxygen atoms in total. The molecule has 1 amide bonds. The molecule has 0 spiro atoms. The average Bonchev–Trinajstić information content (AvgIpc) is 2.62. The van der Waals surface area contributed by atoms with E-state index in [0.717, 1.165) is 31.9 Å². The van der Waals surface area contributed by atoms with Gasteiger partial charge in [0.25, 0.3) is 0 Å². The number of benzene rings is 1. The number of carbonyl (C=O) groups is 1. The van der Waals surface area contributed by atoms with E-state index >= 15 is 0 Å². The molecule has 1 heterocycles. The van der Waals surface area contributed by atoms with Gasteiger partial charge in [-0.15, -0.1) is 0 Å². The Morgan fingerprint density at radius 3 is 2.37 bits per heavy atom. The molecular formula is C19H25ClF3N3O. The van der Waals surface area contributed by atoms with Gasteiger partial charge in [0, 0.05) is 42.9 Å². The fourth-order valence-corrected chi connectivity index (χ4v) is 4.06. The zero-order chi connectivity index (χ0) is 19.4. The number of anilines is 1. The number of nitrogens with zero attached hydrogens (tertiary/aromatic N) is 2. The number of hydrogen-bond donors (Lipinski definition) is 1. The van der Waals surface area contributed by atoms with Gasteiger partial charge in [0.15, 0.2) is 0 Å². The Bertz CT molecular complexity index is 639. The van der Waals surface area contributed by atoms with E-state index in [2.05, 4.69) is 15.1 Å². The minimum absolute atomic E-state index is 0.0957. The Morgan fingerprint density at radius 1 is 1.11 bits per heavy atom. The maximum Gasteiger partial charge on any atom is 0.391 e. The molecule has 1 saturated heterocycles. The number of amides is 1. The Hall–Kier alpha value is -1.47. The SMILES string of the molecule is O=C(CN1CCN(c2cccc(Cl)c2)CC1)NC1CCC(C(F)(F)F)CC1. The fraction of sp³-hybridized carbons (Fsp3) is 0.632. The van der Waals surface area contributed by atoms with Crippen molar-refractivity contribution >= 4 is 23.2 Å². The van der Waals surface area contributed by atoms with Gasteiger partial charge >= 0.3 is 6.18 Å². The minimum atomic E-state index is -4.11. The van der Waals surface area contributed by atoms with E-state index in [1.54, 1.807) is 0 Å². The minimum Gasteiger partial charge on any atom is -0.369 e. The number of hydrogen-bond acceptors (Lipinski definition) is 3. The lowest BCUT2D eigenvalue weighted by atomic mass is 9.85. The Labute approximate surface area is 162 Å². The number of piperazine rings is 1. The van der Waals surface area contributed by atoms with Crippen molar-refractivity contribution in [2.24, 2.45) is 5.92 Å². The molecule has 0 unspecified atom stereocenters. The first-order chi connectivity index (χ1) is 12.8. The van der Waals surface area contributed by atoms with Crippen LogP contribution in [0.25, 0.3) is 0 Å². The highest BCUT2D eigenvalue weighted by Gasteiger charge is 2.41. The molecular weight excluding hydrogens is 379 g/mol. The molecule has 27 heavy (non-hydrogen) atoms. The van der Waals surface area contributed by atoms with Gasteiger partial charge in [0.2, 0.25) is 5.91 Å². The third kappa shape index (κ3) is 5.75. The molecule has 0 atom stereocenters. The third-order valence-electron chi connectivity index (χ3n) is 5.47. The normalized spacial score (nSPS) is 24.7. The molecule has 2 fully saturated rings. The van der Waals surface area contributed by atoms with Crippen LogP contribution in [-0.4, -0.2) is 55.7 Å². The second-order valence-electron chi connectivity index (χ2n) is 7.40. The summed E-state index contributed by atoms with van der Waals surface area (Å²) in [5, 5.41) is 3.61. The zero-order valence-corrected chi connectivity index (χ0v) is 15.9. The lowest BCUT2D eigenvalue weighted by molar-refractivity contribution is -0.182. The number of nitrogens with one attached hydrogen (secondary N) is 1. The van der Waals surface area contributed by atoms with Crippen LogP contribution in [0.15, 0.2) is 24.3 Å². The number of alkyl halides is 3. The maximum absolute atomic E-state index is 12.7. The van der Waals surface area contributed by atoms with Crippen LogP contribution >= 0.6 is 11.6 Å². The van der Waals surface area contributed by atoms with Crippen LogP contribution in [0.2, 0.25) is 5.02 Å². The Morgan fingerprint density at radius 2 is 1.78 bits per heavy atom. The van der Waals surface area contributed by atoms with Crippen LogP contribution in [-0.2, 0) is 4.79 Å². The van der Waals surface area contributed by atoms with E-state index in [9.17, 15) is 18.0 Å². The van der Waals surface area contributed by atoms with Crippen molar-refractivity contribution in [2.45, 2.75) is 37.9 Å².